The van der Waals surface area contributed by atoms with Crippen LogP contribution in [0.15, 0.2) is 59.4 Å². The first-order chi connectivity index (χ1) is 12.8. The molecule has 0 aliphatic carbocycles. The van der Waals surface area contributed by atoms with Gasteiger partial charge in [-0.05, 0) is 23.8 Å². The number of hydrogen-bond acceptors (Lipinski definition) is 5. The summed E-state index contributed by atoms with van der Waals surface area (Å²) in [6.45, 7) is 0.794. The SMILES string of the molecule is O=C(NCC1Cc2ccccc2O1)c1ccccc1OCc1cscn1. The van der Waals surface area contributed by atoms with E-state index in [1.54, 1.807) is 17.6 Å². The van der Waals surface area contributed by atoms with Crippen molar-refractivity contribution >= 4 is 17.2 Å². The highest BCUT2D eigenvalue weighted by Crippen LogP contribution is 2.28. The summed E-state index contributed by atoms with van der Waals surface area (Å²) in [5.41, 5.74) is 4.30. The first-order valence-electron chi connectivity index (χ1n) is 8.41. The van der Waals surface area contributed by atoms with Gasteiger partial charge >= 0.3 is 0 Å². The van der Waals surface area contributed by atoms with E-state index in [1.807, 2.05) is 35.7 Å². The zero-order valence-electron chi connectivity index (χ0n) is 14.1. The van der Waals surface area contributed by atoms with Crippen molar-refractivity contribution in [2.45, 2.75) is 19.1 Å². The van der Waals surface area contributed by atoms with Gasteiger partial charge in [0.15, 0.2) is 0 Å². The molecule has 5 nitrogen and oxygen atoms in total. The highest BCUT2D eigenvalue weighted by atomic mass is 32.1. The lowest BCUT2D eigenvalue weighted by molar-refractivity contribution is 0.0929. The number of benzene rings is 2. The van der Waals surface area contributed by atoms with Gasteiger partial charge in [-0.3, -0.25) is 4.79 Å². The molecule has 0 saturated carbocycles. The largest absolute Gasteiger partial charge is 0.488 e. The molecule has 0 radical (unpaired) electrons. The summed E-state index contributed by atoms with van der Waals surface area (Å²) in [5.74, 6) is 1.28. The molecule has 4 rings (SSSR count). The Hall–Kier alpha value is -2.86. The van der Waals surface area contributed by atoms with Crippen LogP contribution in [-0.2, 0) is 13.0 Å². The number of ether oxygens (including phenoxy) is 2. The Balaban J connectivity index is 1.36. The normalized spacial score (nSPS) is 15.2. The number of hydrogen-bond donors (Lipinski definition) is 1. The summed E-state index contributed by atoms with van der Waals surface area (Å²) in [7, 11) is 0. The number of amides is 1. The van der Waals surface area contributed by atoms with Crippen molar-refractivity contribution in [3.63, 3.8) is 0 Å². The van der Waals surface area contributed by atoms with Crippen LogP contribution >= 0.6 is 11.3 Å². The molecule has 2 aromatic carbocycles. The lowest BCUT2D eigenvalue weighted by atomic mass is 10.1. The second kappa shape index (κ2) is 7.58. The number of fused-ring (bicyclic) bond motifs is 1. The number of para-hydroxylation sites is 2. The van der Waals surface area contributed by atoms with E-state index >= 15 is 0 Å². The fourth-order valence-corrected chi connectivity index (χ4v) is 3.45. The highest BCUT2D eigenvalue weighted by Gasteiger charge is 2.23. The summed E-state index contributed by atoms with van der Waals surface area (Å²) < 4.78 is 11.6. The van der Waals surface area contributed by atoms with Crippen LogP contribution in [0.1, 0.15) is 21.6 Å². The van der Waals surface area contributed by atoms with Crippen LogP contribution in [0.2, 0.25) is 0 Å². The summed E-state index contributed by atoms with van der Waals surface area (Å²) >= 11 is 1.52. The molecule has 1 atom stereocenters. The third kappa shape index (κ3) is 3.70. The van der Waals surface area contributed by atoms with Crippen LogP contribution < -0.4 is 14.8 Å². The maximum Gasteiger partial charge on any atom is 0.255 e. The minimum atomic E-state index is -0.168. The number of carbonyl (C=O) groups is 1. The molecule has 0 spiro atoms. The Morgan fingerprint density at radius 3 is 2.92 bits per heavy atom. The van der Waals surface area contributed by atoms with Gasteiger partial charge in [-0.15, -0.1) is 11.3 Å². The average Bonchev–Trinajstić information content (AvgIpc) is 3.33. The molecule has 2 heterocycles. The highest BCUT2D eigenvalue weighted by molar-refractivity contribution is 7.07. The van der Waals surface area contributed by atoms with Crippen molar-refractivity contribution in [2.24, 2.45) is 0 Å². The molecular formula is C20H18N2O3S. The van der Waals surface area contributed by atoms with E-state index in [-0.39, 0.29) is 12.0 Å². The van der Waals surface area contributed by atoms with Gasteiger partial charge < -0.3 is 14.8 Å². The fourth-order valence-electron chi connectivity index (χ4n) is 2.91. The number of nitrogens with zero attached hydrogens (tertiary/aromatic N) is 1. The number of thiazole rings is 1. The van der Waals surface area contributed by atoms with Gasteiger partial charge in [0.05, 0.1) is 23.3 Å². The Morgan fingerprint density at radius 2 is 2.08 bits per heavy atom. The number of rotatable bonds is 6. The van der Waals surface area contributed by atoms with E-state index in [9.17, 15) is 4.79 Å². The van der Waals surface area contributed by atoms with E-state index in [0.717, 1.165) is 17.9 Å². The molecule has 1 aromatic heterocycles. The Labute approximate surface area is 155 Å². The topological polar surface area (TPSA) is 60.5 Å². The zero-order valence-corrected chi connectivity index (χ0v) is 14.9. The van der Waals surface area contributed by atoms with Crippen LogP contribution in [0.3, 0.4) is 0 Å². The number of carbonyl (C=O) groups excluding carboxylic acids is 1. The van der Waals surface area contributed by atoms with Crippen molar-refractivity contribution in [1.29, 1.82) is 0 Å². The van der Waals surface area contributed by atoms with Crippen molar-refractivity contribution in [2.75, 3.05) is 6.54 Å². The van der Waals surface area contributed by atoms with Crippen LogP contribution in [0, 0.1) is 0 Å². The van der Waals surface area contributed by atoms with Gasteiger partial charge in [0.2, 0.25) is 0 Å². The summed E-state index contributed by atoms with van der Waals surface area (Å²) in [4.78, 5) is 16.8. The summed E-state index contributed by atoms with van der Waals surface area (Å²) in [6.07, 6.45) is 0.762. The average molecular weight is 366 g/mol. The van der Waals surface area contributed by atoms with Gasteiger partial charge in [-0.25, -0.2) is 4.98 Å². The fraction of sp³-hybridized carbons (Fsp3) is 0.200. The zero-order chi connectivity index (χ0) is 17.8. The third-order valence-electron chi connectivity index (χ3n) is 4.19. The lowest BCUT2D eigenvalue weighted by Crippen LogP contribution is -2.34. The monoisotopic (exact) mass is 366 g/mol. The first kappa shape index (κ1) is 16.6. The van der Waals surface area contributed by atoms with E-state index in [2.05, 4.69) is 16.4 Å². The van der Waals surface area contributed by atoms with Gasteiger partial charge in [0.25, 0.3) is 5.91 Å². The molecule has 0 fully saturated rings. The molecule has 1 unspecified atom stereocenters. The maximum atomic E-state index is 12.6. The predicted octanol–water partition coefficient (Wildman–Crippen LogP) is 3.46. The molecule has 132 valence electrons. The summed E-state index contributed by atoms with van der Waals surface area (Å²) in [5, 5.41) is 4.88. The molecule has 6 heteroatoms. The molecule has 1 aliphatic rings. The van der Waals surface area contributed by atoms with Gasteiger partial charge in [0.1, 0.15) is 24.2 Å². The van der Waals surface area contributed by atoms with Crippen LogP contribution in [0.25, 0.3) is 0 Å². The van der Waals surface area contributed by atoms with E-state index < -0.39 is 0 Å². The molecule has 1 aliphatic heterocycles. The molecule has 26 heavy (non-hydrogen) atoms. The maximum absolute atomic E-state index is 12.6. The van der Waals surface area contributed by atoms with Crippen LogP contribution in [0.5, 0.6) is 11.5 Å². The third-order valence-corrected chi connectivity index (χ3v) is 4.83. The smallest absolute Gasteiger partial charge is 0.255 e. The van der Waals surface area contributed by atoms with Crippen molar-refractivity contribution in [1.82, 2.24) is 10.3 Å². The molecule has 0 bridgehead atoms. The standard InChI is InChI=1S/C20H18N2O3S/c23-20(21-10-16-9-14-5-1-3-7-18(14)25-16)17-6-2-4-8-19(17)24-11-15-12-26-13-22-15/h1-8,12-13,16H,9-11H2,(H,21,23). The molecule has 1 N–H and O–H groups in total. The number of nitrogens with one attached hydrogen (secondary N) is 1. The minimum absolute atomic E-state index is 0.0422. The van der Waals surface area contributed by atoms with Crippen LogP contribution in [0.4, 0.5) is 0 Å². The van der Waals surface area contributed by atoms with Crippen molar-refractivity contribution in [3.8, 4) is 11.5 Å². The van der Waals surface area contributed by atoms with Crippen molar-refractivity contribution in [3.05, 3.63) is 76.2 Å². The second-order valence-electron chi connectivity index (χ2n) is 6.03. The van der Waals surface area contributed by atoms with Gasteiger partial charge in [-0.1, -0.05) is 30.3 Å². The lowest BCUT2D eigenvalue weighted by Gasteiger charge is -2.14. The van der Waals surface area contributed by atoms with Gasteiger partial charge in [-0.2, -0.15) is 0 Å². The minimum Gasteiger partial charge on any atom is -0.488 e. The molecule has 3 aromatic rings. The van der Waals surface area contributed by atoms with Crippen LogP contribution in [-0.4, -0.2) is 23.5 Å². The quantitative estimate of drug-likeness (QED) is 0.726. The van der Waals surface area contributed by atoms with Gasteiger partial charge in [0, 0.05) is 11.8 Å². The predicted molar refractivity (Wildman–Crippen MR) is 99.8 cm³/mol. The summed E-state index contributed by atoms with van der Waals surface area (Å²) in [6, 6.07) is 15.2. The Kier molecular flexibility index (Phi) is 4.84. The molecular weight excluding hydrogens is 348 g/mol. The number of aromatic nitrogens is 1. The van der Waals surface area contributed by atoms with E-state index in [0.29, 0.717) is 24.5 Å². The van der Waals surface area contributed by atoms with E-state index in [4.69, 9.17) is 9.47 Å². The molecule has 0 saturated heterocycles. The Morgan fingerprint density at radius 1 is 1.23 bits per heavy atom. The first-order valence-corrected chi connectivity index (χ1v) is 9.35. The van der Waals surface area contributed by atoms with E-state index in [1.165, 1.54) is 16.9 Å². The second-order valence-corrected chi connectivity index (χ2v) is 6.75. The van der Waals surface area contributed by atoms with Crippen molar-refractivity contribution < 1.29 is 14.3 Å². The Bertz CT molecular complexity index is 871. The molecule has 1 amide bonds.